The molecule has 2 atom stereocenters. The van der Waals surface area contributed by atoms with Gasteiger partial charge in [0.15, 0.2) is 12.3 Å². The Morgan fingerprint density at radius 1 is 1.32 bits per heavy atom. The summed E-state index contributed by atoms with van der Waals surface area (Å²) in [6.07, 6.45) is -0.431. The van der Waals surface area contributed by atoms with E-state index in [1.54, 1.807) is 12.1 Å². The quantitative estimate of drug-likeness (QED) is 0.608. The molecule has 0 aliphatic carbocycles. The molecule has 0 amide bonds. The summed E-state index contributed by atoms with van der Waals surface area (Å²) in [5.41, 5.74) is 0.630. The first-order valence-corrected chi connectivity index (χ1v) is 6.90. The molecule has 0 unspecified atom stereocenters. The second-order valence-electron chi connectivity index (χ2n) is 4.97. The van der Waals surface area contributed by atoms with Gasteiger partial charge in [0.25, 0.3) is 5.69 Å². The highest BCUT2D eigenvalue weighted by molar-refractivity contribution is 5.95. The van der Waals surface area contributed by atoms with Crippen molar-refractivity contribution in [2.45, 2.75) is 12.3 Å². The lowest BCUT2D eigenvalue weighted by Crippen LogP contribution is -2.47. The van der Waals surface area contributed by atoms with Gasteiger partial charge in [-0.05, 0) is 12.1 Å². The minimum absolute atomic E-state index is 0.00362. The van der Waals surface area contributed by atoms with Gasteiger partial charge < -0.3 is 9.47 Å². The van der Waals surface area contributed by atoms with Crippen LogP contribution < -0.4 is 0 Å². The minimum atomic E-state index is -0.608. The Balaban J connectivity index is 1.77. The molecule has 0 spiro atoms. The van der Waals surface area contributed by atoms with Gasteiger partial charge in [-0.3, -0.25) is 15.0 Å². The molecular formula is C14H14N4O4. The molecule has 114 valence electrons. The van der Waals surface area contributed by atoms with Crippen molar-refractivity contribution in [2.75, 3.05) is 26.3 Å². The van der Waals surface area contributed by atoms with Crippen molar-refractivity contribution in [3.63, 3.8) is 0 Å². The third-order valence-corrected chi connectivity index (χ3v) is 3.62. The number of rotatable bonds is 3. The molecule has 2 heterocycles. The molecule has 2 aliphatic rings. The average Bonchev–Trinajstić information content (AvgIpc) is 3.00. The first-order valence-electron chi connectivity index (χ1n) is 6.90. The highest BCUT2D eigenvalue weighted by Crippen LogP contribution is 2.23. The number of hydrogen-bond donors (Lipinski definition) is 0. The lowest BCUT2D eigenvalue weighted by atomic mass is 10.2. The highest BCUT2D eigenvalue weighted by atomic mass is 16.6. The standard InChI is InChI=1S/C14H14N4O4/c15-9-12-14(17-5-7-21-8-6-17)22-13(16-12)10-1-3-11(4-2-10)18(19)20/h1-4,12,14H,5-8H2/t12-,14-/m1/s1. The molecule has 0 radical (unpaired) electrons. The van der Waals surface area contributed by atoms with Crippen LogP contribution in [0.25, 0.3) is 0 Å². The van der Waals surface area contributed by atoms with Crippen molar-refractivity contribution in [3.05, 3.63) is 39.9 Å². The molecule has 8 heteroatoms. The highest BCUT2D eigenvalue weighted by Gasteiger charge is 2.37. The fourth-order valence-corrected chi connectivity index (χ4v) is 2.47. The number of benzene rings is 1. The van der Waals surface area contributed by atoms with Gasteiger partial charge in [-0.1, -0.05) is 0 Å². The van der Waals surface area contributed by atoms with E-state index < -0.39 is 17.2 Å². The first kappa shape index (κ1) is 14.4. The topological polar surface area (TPSA) is 101 Å². The molecule has 1 fully saturated rings. The van der Waals surface area contributed by atoms with Crippen LogP contribution in [0.4, 0.5) is 5.69 Å². The van der Waals surface area contributed by atoms with Crippen LogP contribution in [0.2, 0.25) is 0 Å². The number of nitro groups is 1. The van der Waals surface area contributed by atoms with E-state index in [1.165, 1.54) is 12.1 Å². The zero-order chi connectivity index (χ0) is 15.5. The van der Waals surface area contributed by atoms with Crippen LogP contribution in [0.15, 0.2) is 29.3 Å². The molecule has 22 heavy (non-hydrogen) atoms. The number of nitro benzene ring substituents is 1. The predicted octanol–water partition coefficient (Wildman–Crippen LogP) is 0.922. The summed E-state index contributed by atoms with van der Waals surface area (Å²) >= 11 is 0. The van der Waals surface area contributed by atoms with Gasteiger partial charge in [-0.25, -0.2) is 4.99 Å². The van der Waals surface area contributed by atoms with Crippen molar-refractivity contribution in [3.8, 4) is 6.07 Å². The third-order valence-electron chi connectivity index (χ3n) is 3.62. The first-order chi connectivity index (χ1) is 10.7. The van der Waals surface area contributed by atoms with Crippen LogP contribution in [0.1, 0.15) is 5.56 Å². The Kier molecular flexibility index (Phi) is 4.00. The zero-order valence-electron chi connectivity index (χ0n) is 11.7. The van der Waals surface area contributed by atoms with Gasteiger partial charge in [0.2, 0.25) is 5.90 Å². The normalized spacial score (nSPS) is 25.1. The molecular weight excluding hydrogens is 288 g/mol. The molecule has 3 rings (SSSR count). The predicted molar refractivity (Wildman–Crippen MR) is 76.3 cm³/mol. The van der Waals surface area contributed by atoms with Crippen LogP contribution in [-0.4, -0.2) is 54.3 Å². The number of nitriles is 1. The van der Waals surface area contributed by atoms with Crippen molar-refractivity contribution < 1.29 is 14.4 Å². The monoisotopic (exact) mass is 302 g/mol. The van der Waals surface area contributed by atoms with E-state index in [0.29, 0.717) is 37.8 Å². The lowest BCUT2D eigenvalue weighted by Gasteiger charge is -2.32. The fourth-order valence-electron chi connectivity index (χ4n) is 2.47. The Morgan fingerprint density at radius 2 is 2.00 bits per heavy atom. The van der Waals surface area contributed by atoms with Crippen LogP contribution in [0.3, 0.4) is 0 Å². The van der Waals surface area contributed by atoms with E-state index in [4.69, 9.17) is 9.47 Å². The summed E-state index contributed by atoms with van der Waals surface area (Å²) in [6, 6.07) is 7.47. The summed E-state index contributed by atoms with van der Waals surface area (Å²) in [5, 5.41) is 19.9. The van der Waals surface area contributed by atoms with E-state index in [9.17, 15) is 15.4 Å². The number of non-ortho nitro benzene ring substituents is 1. The molecule has 1 aromatic carbocycles. The molecule has 2 aliphatic heterocycles. The van der Waals surface area contributed by atoms with Crippen molar-refractivity contribution in [1.29, 1.82) is 5.26 Å². The van der Waals surface area contributed by atoms with E-state index in [2.05, 4.69) is 11.1 Å². The van der Waals surface area contributed by atoms with Crippen molar-refractivity contribution in [2.24, 2.45) is 4.99 Å². The summed E-state index contributed by atoms with van der Waals surface area (Å²) in [7, 11) is 0. The minimum Gasteiger partial charge on any atom is -0.455 e. The van der Waals surface area contributed by atoms with Gasteiger partial charge in [-0.15, -0.1) is 0 Å². The molecule has 1 aromatic rings. The number of nitrogens with zero attached hydrogens (tertiary/aromatic N) is 4. The maximum Gasteiger partial charge on any atom is 0.269 e. The van der Waals surface area contributed by atoms with Crippen molar-refractivity contribution >= 4 is 11.6 Å². The van der Waals surface area contributed by atoms with Gasteiger partial charge in [0.05, 0.1) is 24.2 Å². The maximum atomic E-state index is 10.7. The van der Waals surface area contributed by atoms with Crippen LogP contribution in [0, 0.1) is 21.4 Å². The zero-order valence-corrected chi connectivity index (χ0v) is 11.7. The lowest BCUT2D eigenvalue weighted by molar-refractivity contribution is -0.384. The number of ether oxygens (including phenoxy) is 2. The average molecular weight is 302 g/mol. The Bertz CT molecular complexity index is 631. The Hall–Kier alpha value is -2.50. The maximum absolute atomic E-state index is 10.7. The van der Waals surface area contributed by atoms with Crippen LogP contribution >= 0.6 is 0 Å². The second kappa shape index (κ2) is 6.09. The second-order valence-corrected chi connectivity index (χ2v) is 4.97. The smallest absolute Gasteiger partial charge is 0.269 e. The van der Waals surface area contributed by atoms with Gasteiger partial charge in [0, 0.05) is 30.8 Å². The van der Waals surface area contributed by atoms with E-state index in [-0.39, 0.29) is 5.69 Å². The van der Waals surface area contributed by atoms with Crippen LogP contribution in [0.5, 0.6) is 0 Å². The van der Waals surface area contributed by atoms with Gasteiger partial charge in [-0.2, -0.15) is 5.26 Å². The molecule has 1 saturated heterocycles. The largest absolute Gasteiger partial charge is 0.455 e. The fraction of sp³-hybridized carbons (Fsp3) is 0.429. The van der Waals surface area contributed by atoms with E-state index >= 15 is 0 Å². The summed E-state index contributed by atoms with van der Waals surface area (Å²) < 4.78 is 11.1. The molecule has 0 saturated carbocycles. The van der Waals surface area contributed by atoms with Gasteiger partial charge in [0.1, 0.15) is 0 Å². The van der Waals surface area contributed by atoms with E-state index in [1.807, 2.05) is 4.90 Å². The van der Waals surface area contributed by atoms with Gasteiger partial charge >= 0.3 is 0 Å². The SMILES string of the molecule is N#C[C@H]1N=C(c2ccc([N+](=O)[O-])cc2)O[C@H]1N1CCOCC1. The van der Waals surface area contributed by atoms with E-state index in [0.717, 1.165) is 0 Å². The van der Waals surface area contributed by atoms with Crippen LogP contribution in [-0.2, 0) is 9.47 Å². The molecule has 0 N–H and O–H groups in total. The number of hydrogen-bond acceptors (Lipinski definition) is 7. The number of morpholine rings is 1. The molecule has 0 aromatic heterocycles. The summed E-state index contributed by atoms with van der Waals surface area (Å²) in [6.45, 7) is 2.58. The Morgan fingerprint density at radius 3 is 2.59 bits per heavy atom. The third kappa shape index (κ3) is 2.77. The summed E-state index contributed by atoms with van der Waals surface area (Å²) in [4.78, 5) is 16.5. The number of aliphatic imine (C=N–C) groups is 1. The molecule has 0 bridgehead atoms. The Labute approximate surface area is 126 Å². The van der Waals surface area contributed by atoms with Crippen molar-refractivity contribution in [1.82, 2.24) is 4.90 Å². The summed E-state index contributed by atoms with van der Waals surface area (Å²) in [5.74, 6) is 0.345. The molecule has 8 nitrogen and oxygen atoms in total.